The van der Waals surface area contributed by atoms with Crippen molar-refractivity contribution < 1.29 is 32.3 Å². The maximum absolute atomic E-state index is 13.7. The van der Waals surface area contributed by atoms with Gasteiger partial charge < -0.3 is 26.0 Å². The Morgan fingerprint density at radius 1 is 0.875 bits per heavy atom. The first-order valence-electron chi connectivity index (χ1n) is 11.4. The Kier molecular flexibility index (Phi) is 8.23. The van der Waals surface area contributed by atoms with Gasteiger partial charge in [-0.15, -0.1) is 0 Å². The molecule has 4 N–H and O–H groups in total. The maximum Gasteiger partial charge on any atom is 0.418 e. The highest BCUT2D eigenvalue weighted by molar-refractivity contribution is 7.05. The van der Waals surface area contributed by atoms with Crippen LogP contribution in [0.15, 0.2) is 60.8 Å². The molecule has 4 rings (SSSR count). The number of aromatic nitrogens is 3. The van der Waals surface area contributed by atoms with Crippen LogP contribution in [0.1, 0.15) is 31.7 Å². The van der Waals surface area contributed by atoms with Crippen molar-refractivity contribution in [2.24, 2.45) is 0 Å². The third kappa shape index (κ3) is 7.08. The molecule has 206 valence electrons. The van der Waals surface area contributed by atoms with Gasteiger partial charge in [0, 0.05) is 30.7 Å². The Hall–Kier alpha value is -5.05. The van der Waals surface area contributed by atoms with Gasteiger partial charge in [-0.25, -0.2) is 9.78 Å². The maximum atomic E-state index is 13.7. The van der Waals surface area contributed by atoms with Crippen LogP contribution >= 0.6 is 11.5 Å². The van der Waals surface area contributed by atoms with Crippen molar-refractivity contribution in [2.45, 2.75) is 13.1 Å². The lowest BCUT2D eigenvalue weighted by atomic mass is 10.1. The van der Waals surface area contributed by atoms with Crippen LogP contribution in [0, 0.1) is 6.92 Å². The van der Waals surface area contributed by atoms with Gasteiger partial charge >= 0.3 is 12.2 Å². The highest BCUT2D eigenvalue weighted by Gasteiger charge is 2.34. The lowest BCUT2D eigenvalue weighted by molar-refractivity contribution is -0.136. The van der Waals surface area contributed by atoms with Gasteiger partial charge in [-0.3, -0.25) is 14.6 Å². The number of benzene rings is 2. The number of hydrogen-bond acceptors (Lipinski definition) is 8. The minimum absolute atomic E-state index is 0.157. The molecule has 0 spiro atoms. The van der Waals surface area contributed by atoms with E-state index in [0.717, 1.165) is 17.6 Å². The Morgan fingerprint density at radius 3 is 2.23 bits per heavy atom. The fourth-order valence-corrected chi connectivity index (χ4v) is 3.77. The van der Waals surface area contributed by atoms with Crippen LogP contribution < -0.4 is 26.0 Å². The molecule has 0 unspecified atom stereocenters. The van der Waals surface area contributed by atoms with Crippen LogP contribution in [0.2, 0.25) is 0 Å². The minimum Gasteiger partial charge on any atom is -0.457 e. The lowest BCUT2D eigenvalue weighted by Gasteiger charge is -2.15. The molecule has 2 aromatic carbocycles. The average Bonchev–Trinajstić information content (AvgIpc) is 3.36. The molecule has 2 aromatic heterocycles. The van der Waals surface area contributed by atoms with E-state index in [0.29, 0.717) is 28.3 Å². The van der Waals surface area contributed by atoms with Crippen LogP contribution in [0.4, 0.5) is 35.0 Å². The normalized spacial score (nSPS) is 10.9. The third-order valence-corrected chi connectivity index (χ3v) is 5.72. The molecule has 0 bridgehead atoms. The van der Waals surface area contributed by atoms with Crippen molar-refractivity contribution in [3.8, 4) is 11.5 Å². The fraction of sp³-hybridized carbons (Fsp3) is 0.120. The smallest absolute Gasteiger partial charge is 0.418 e. The number of urea groups is 1. The number of anilines is 3. The molecule has 0 aliphatic heterocycles. The van der Waals surface area contributed by atoms with E-state index in [-0.39, 0.29) is 23.1 Å². The van der Waals surface area contributed by atoms with Crippen molar-refractivity contribution in [2.75, 3.05) is 23.0 Å². The van der Waals surface area contributed by atoms with E-state index in [4.69, 9.17) is 4.74 Å². The summed E-state index contributed by atoms with van der Waals surface area (Å²) in [7, 11) is 1.48. The molecule has 4 aromatic rings. The zero-order valence-electron chi connectivity index (χ0n) is 20.8. The quantitative estimate of drug-likeness (QED) is 0.235. The van der Waals surface area contributed by atoms with Gasteiger partial charge in [0.25, 0.3) is 11.8 Å². The number of nitrogens with one attached hydrogen (secondary N) is 4. The van der Waals surface area contributed by atoms with Gasteiger partial charge in [-0.2, -0.15) is 17.5 Å². The summed E-state index contributed by atoms with van der Waals surface area (Å²) in [5.74, 6) is -0.749. The molecule has 0 aliphatic carbocycles. The van der Waals surface area contributed by atoms with Crippen LogP contribution in [0.5, 0.6) is 11.5 Å². The Labute approximate surface area is 229 Å². The molecule has 4 amide bonds. The second-order valence-electron chi connectivity index (χ2n) is 8.01. The van der Waals surface area contributed by atoms with Gasteiger partial charge in [0.1, 0.15) is 22.2 Å². The molecule has 0 atom stereocenters. The fourth-order valence-electron chi connectivity index (χ4n) is 3.30. The van der Waals surface area contributed by atoms with E-state index in [1.165, 1.54) is 37.5 Å². The number of hydrogen-bond donors (Lipinski definition) is 4. The molecule has 0 saturated carbocycles. The monoisotopic (exact) mass is 571 g/mol. The average molecular weight is 572 g/mol. The first-order chi connectivity index (χ1) is 19.0. The van der Waals surface area contributed by atoms with Gasteiger partial charge in [-0.1, -0.05) is 0 Å². The summed E-state index contributed by atoms with van der Waals surface area (Å²) in [5.41, 5.74) is -1.33. The van der Waals surface area contributed by atoms with Gasteiger partial charge in [0.2, 0.25) is 5.82 Å². The Bertz CT molecular complexity index is 1560. The summed E-state index contributed by atoms with van der Waals surface area (Å²) >= 11 is 0.945. The second-order valence-corrected chi connectivity index (χ2v) is 8.97. The molecule has 0 fully saturated rings. The highest BCUT2D eigenvalue weighted by atomic mass is 32.1. The second kappa shape index (κ2) is 11.8. The molecular weight excluding hydrogens is 551 g/mol. The SMILES string of the molecule is CNC(=O)c1cc(Oc2ccc(NC(=O)Nc3ccc(NC(=O)c4nsc(C)n4)c(C(F)(F)F)c3)cc2)ccn1. The molecule has 11 nitrogen and oxygen atoms in total. The predicted molar refractivity (Wildman–Crippen MR) is 141 cm³/mol. The van der Waals surface area contributed by atoms with Crippen molar-refractivity contribution in [1.29, 1.82) is 0 Å². The number of amides is 4. The molecule has 0 saturated heterocycles. The first kappa shape index (κ1) is 28.0. The van der Waals surface area contributed by atoms with Crippen molar-refractivity contribution >= 4 is 46.4 Å². The predicted octanol–water partition coefficient (Wildman–Crippen LogP) is 5.31. The topological polar surface area (TPSA) is 147 Å². The summed E-state index contributed by atoms with van der Waals surface area (Å²) in [4.78, 5) is 44.2. The summed E-state index contributed by atoms with van der Waals surface area (Å²) < 4.78 is 50.6. The van der Waals surface area contributed by atoms with Gasteiger partial charge in [-0.05, 0) is 67.0 Å². The van der Waals surface area contributed by atoms with E-state index >= 15 is 0 Å². The van der Waals surface area contributed by atoms with E-state index in [1.54, 1.807) is 25.1 Å². The number of pyridine rings is 1. The highest BCUT2D eigenvalue weighted by Crippen LogP contribution is 2.37. The molecule has 2 heterocycles. The van der Waals surface area contributed by atoms with Crippen molar-refractivity contribution in [3.63, 3.8) is 0 Å². The van der Waals surface area contributed by atoms with Crippen molar-refractivity contribution in [3.05, 3.63) is 82.9 Å². The van der Waals surface area contributed by atoms with Gasteiger partial charge in [0.15, 0.2) is 0 Å². The molecular formula is C25H20F3N7O4S. The number of carbonyl (C=O) groups is 3. The summed E-state index contributed by atoms with van der Waals surface area (Å²) in [6.45, 7) is 1.61. The van der Waals surface area contributed by atoms with E-state index < -0.39 is 29.4 Å². The Morgan fingerprint density at radius 2 is 1.57 bits per heavy atom. The minimum atomic E-state index is -4.83. The van der Waals surface area contributed by atoms with Crippen LogP contribution in [0.25, 0.3) is 0 Å². The molecule has 0 radical (unpaired) electrons. The number of aryl methyl sites for hydroxylation is 1. The lowest BCUT2D eigenvalue weighted by Crippen LogP contribution is -2.21. The van der Waals surface area contributed by atoms with Crippen LogP contribution in [-0.4, -0.2) is 39.2 Å². The largest absolute Gasteiger partial charge is 0.457 e. The summed E-state index contributed by atoms with van der Waals surface area (Å²) in [6, 6.07) is 11.3. The number of alkyl halides is 3. The van der Waals surface area contributed by atoms with E-state index in [2.05, 4.69) is 35.6 Å². The number of halogens is 3. The van der Waals surface area contributed by atoms with E-state index in [1.807, 2.05) is 0 Å². The standard InChI is InChI=1S/C25H20F3N7O4S/c1-13-31-21(35-40-13)23(37)34-19-8-5-15(11-18(19)25(26,27)28)33-24(38)32-14-3-6-16(7-4-14)39-17-9-10-30-20(12-17)22(36)29-2/h3-12H,1-2H3,(H,29,36)(H,34,37)(H2,32,33,38). The number of rotatable bonds is 7. The zero-order chi connectivity index (χ0) is 28.9. The molecule has 40 heavy (non-hydrogen) atoms. The number of carbonyl (C=O) groups excluding carboxylic acids is 3. The summed E-state index contributed by atoms with van der Waals surface area (Å²) in [6.07, 6.45) is -3.41. The van der Waals surface area contributed by atoms with E-state index in [9.17, 15) is 27.6 Å². The van der Waals surface area contributed by atoms with Crippen LogP contribution in [0.3, 0.4) is 0 Å². The van der Waals surface area contributed by atoms with Crippen molar-refractivity contribution in [1.82, 2.24) is 19.7 Å². The van der Waals surface area contributed by atoms with Gasteiger partial charge in [0.05, 0.1) is 11.3 Å². The first-order valence-corrected chi connectivity index (χ1v) is 12.2. The number of ether oxygens (including phenoxy) is 1. The molecule has 0 aliphatic rings. The van der Waals surface area contributed by atoms with Crippen LogP contribution in [-0.2, 0) is 6.18 Å². The summed E-state index contributed by atoms with van der Waals surface area (Å²) in [5, 5.41) is 9.95. The molecule has 15 heteroatoms. The Balaban J connectivity index is 1.40. The zero-order valence-corrected chi connectivity index (χ0v) is 21.6. The third-order valence-electron chi connectivity index (χ3n) is 5.10. The number of nitrogens with zero attached hydrogens (tertiary/aromatic N) is 3.